The smallest absolute Gasteiger partial charge is 0.302 e. The van der Waals surface area contributed by atoms with E-state index in [9.17, 15) is 19.8 Å². The quantitative estimate of drug-likeness (QED) is 0.146. The number of esters is 1. The van der Waals surface area contributed by atoms with E-state index in [0.717, 1.165) is 81.0 Å². The number of carbonyl (C=O) groups excluding carboxylic acids is 2. The highest BCUT2D eigenvalue weighted by molar-refractivity contribution is 5.79. The second-order valence-electron chi connectivity index (χ2n) is 22.0. The molecule has 6 saturated carbocycles. The van der Waals surface area contributed by atoms with E-state index in [0.29, 0.717) is 28.4 Å². The maximum Gasteiger partial charge on any atom is 0.302 e. The van der Waals surface area contributed by atoms with Crippen LogP contribution in [-0.4, -0.2) is 39.8 Å². The lowest BCUT2D eigenvalue weighted by Gasteiger charge is -2.59. The minimum Gasteiger partial charge on any atom is -0.462 e. The molecule has 55 heavy (non-hydrogen) atoms. The first kappa shape index (κ1) is 41.7. The summed E-state index contributed by atoms with van der Waals surface area (Å²) >= 11 is 0. The predicted octanol–water partition coefficient (Wildman–Crippen LogP) is 11.7. The molecule has 8 aliphatic carbocycles. The number of allylic oxidation sites excluding steroid dienone is 2. The van der Waals surface area contributed by atoms with E-state index in [1.807, 2.05) is 0 Å². The SMILES string of the molecule is CC(=O)O[C@H]1CC[C@@]2(C)C(=CCC3C2CC[C@@]2(C)C3CC[C@@H]2C(C)=O)C1.CCCCCC[C@](C)(O)[C@H]1CCC2C3CC=C4C[C@@H](O)CC[C@]4(C)C3CC[C@@]21C. The van der Waals surface area contributed by atoms with Gasteiger partial charge in [0, 0.05) is 19.3 Å². The van der Waals surface area contributed by atoms with Gasteiger partial charge in [0.2, 0.25) is 0 Å². The minimum absolute atomic E-state index is 0.0748. The molecule has 5 nitrogen and oxygen atoms in total. The van der Waals surface area contributed by atoms with Gasteiger partial charge in [0.25, 0.3) is 0 Å². The average molecular weight is 761 g/mol. The van der Waals surface area contributed by atoms with Gasteiger partial charge in [-0.15, -0.1) is 0 Å². The van der Waals surface area contributed by atoms with Gasteiger partial charge in [-0.1, -0.05) is 83.6 Å². The number of fused-ring (bicyclic) bond motifs is 10. The van der Waals surface area contributed by atoms with Crippen LogP contribution in [0.3, 0.4) is 0 Å². The Morgan fingerprint density at radius 3 is 1.93 bits per heavy atom. The third-order valence-corrected chi connectivity index (χ3v) is 19.2. The normalized spacial score (nSPS) is 46.7. The molecule has 0 saturated heterocycles. The summed E-state index contributed by atoms with van der Waals surface area (Å²) in [5.41, 5.74) is 3.74. The van der Waals surface area contributed by atoms with Crippen LogP contribution in [0.2, 0.25) is 0 Å². The van der Waals surface area contributed by atoms with E-state index in [1.165, 1.54) is 90.4 Å². The Morgan fingerprint density at radius 2 is 1.31 bits per heavy atom. The highest BCUT2D eigenvalue weighted by Crippen LogP contribution is 2.69. The first-order valence-corrected chi connectivity index (χ1v) is 23.4. The van der Waals surface area contributed by atoms with Crippen LogP contribution in [0, 0.1) is 69.0 Å². The summed E-state index contributed by atoms with van der Waals surface area (Å²) in [5.74, 6) is 5.55. The molecule has 8 rings (SSSR count). The molecule has 15 atom stereocenters. The van der Waals surface area contributed by atoms with Crippen molar-refractivity contribution < 1.29 is 24.5 Å². The third kappa shape index (κ3) is 7.31. The highest BCUT2D eigenvalue weighted by atomic mass is 16.5. The molecule has 310 valence electrons. The van der Waals surface area contributed by atoms with Gasteiger partial charge < -0.3 is 14.9 Å². The van der Waals surface area contributed by atoms with E-state index in [2.05, 4.69) is 53.7 Å². The van der Waals surface area contributed by atoms with Crippen LogP contribution < -0.4 is 0 Å². The van der Waals surface area contributed by atoms with Crippen molar-refractivity contribution in [2.75, 3.05) is 0 Å². The van der Waals surface area contributed by atoms with Crippen molar-refractivity contribution >= 4 is 11.8 Å². The number of ketones is 1. The van der Waals surface area contributed by atoms with Crippen molar-refractivity contribution in [1.29, 1.82) is 0 Å². The van der Waals surface area contributed by atoms with Crippen molar-refractivity contribution in [1.82, 2.24) is 0 Å². The van der Waals surface area contributed by atoms with Gasteiger partial charge in [0.05, 0.1) is 11.7 Å². The number of aliphatic hydroxyl groups excluding tert-OH is 1. The van der Waals surface area contributed by atoms with E-state index in [-0.39, 0.29) is 34.9 Å². The van der Waals surface area contributed by atoms with E-state index in [1.54, 1.807) is 18.1 Å². The molecule has 0 radical (unpaired) electrons. The molecule has 0 amide bonds. The molecule has 8 aliphatic rings. The van der Waals surface area contributed by atoms with Gasteiger partial charge in [0.1, 0.15) is 11.9 Å². The molecule has 6 unspecified atom stereocenters. The summed E-state index contributed by atoms with van der Waals surface area (Å²) in [4.78, 5) is 23.6. The lowest BCUT2D eigenvalue weighted by atomic mass is 9.46. The summed E-state index contributed by atoms with van der Waals surface area (Å²) in [6, 6.07) is 0. The summed E-state index contributed by atoms with van der Waals surface area (Å²) in [7, 11) is 0. The van der Waals surface area contributed by atoms with Crippen LogP contribution >= 0.6 is 0 Å². The predicted molar refractivity (Wildman–Crippen MR) is 222 cm³/mol. The Kier molecular flexibility index (Phi) is 11.8. The van der Waals surface area contributed by atoms with Gasteiger partial charge in [-0.2, -0.15) is 0 Å². The zero-order chi connectivity index (χ0) is 39.6. The molecule has 0 aromatic rings. The Bertz CT molecular complexity index is 1490. The zero-order valence-corrected chi connectivity index (χ0v) is 36.4. The average Bonchev–Trinajstić information content (AvgIpc) is 3.68. The Labute approximate surface area is 335 Å². The van der Waals surface area contributed by atoms with Crippen molar-refractivity contribution in [3.8, 4) is 0 Å². The molecule has 0 aromatic carbocycles. The lowest BCUT2D eigenvalue weighted by molar-refractivity contribution is -0.149. The van der Waals surface area contributed by atoms with Crippen LogP contribution in [0.25, 0.3) is 0 Å². The van der Waals surface area contributed by atoms with Gasteiger partial charge in [0.15, 0.2) is 0 Å². The maximum atomic E-state index is 12.2. The van der Waals surface area contributed by atoms with E-state index in [4.69, 9.17) is 4.74 Å². The summed E-state index contributed by atoms with van der Waals surface area (Å²) in [6.07, 6.45) is 29.4. The lowest BCUT2D eigenvalue weighted by Crippen LogP contribution is -2.53. The van der Waals surface area contributed by atoms with Crippen LogP contribution in [-0.2, 0) is 14.3 Å². The molecular formula is C50H80O5. The molecule has 0 aliphatic heterocycles. The number of unbranched alkanes of at least 4 members (excludes halogenated alkanes) is 3. The molecule has 0 bridgehead atoms. The summed E-state index contributed by atoms with van der Waals surface area (Å²) < 4.78 is 5.53. The second kappa shape index (κ2) is 15.6. The van der Waals surface area contributed by atoms with Gasteiger partial charge in [-0.05, 0) is 180 Å². The van der Waals surface area contributed by atoms with Crippen LogP contribution in [0.5, 0.6) is 0 Å². The molecule has 0 aromatic heterocycles. The molecule has 0 spiro atoms. The van der Waals surface area contributed by atoms with E-state index >= 15 is 0 Å². The Morgan fingerprint density at radius 1 is 0.727 bits per heavy atom. The molecule has 2 N–H and O–H groups in total. The largest absolute Gasteiger partial charge is 0.462 e. The van der Waals surface area contributed by atoms with Gasteiger partial charge >= 0.3 is 5.97 Å². The molecule has 6 fully saturated rings. The van der Waals surface area contributed by atoms with Crippen molar-refractivity contribution in [3.63, 3.8) is 0 Å². The monoisotopic (exact) mass is 761 g/mol. The van der Waals surface area contributed by atoms with Crippen LogP contribution in [0.15, 0.2) is 23.3 Å². The molecule has 5 heteroatoms. The van der Waals surface area contributed by atoms with E-state index < -0.39 is 5.60 Å². The first-order chi connectivity index (χ1) is 26.0. The fourth-order valence-corrected chi connectivity index (χ4v) is 16.4. The van der Waals surface area contributed by atoms with Gasteiger partial charge in [-0.25, -0.2) is 0 Å². The number of aliphatic hydroxyl groups is 2. The number of Topliss-reactive ketones (excluding diaryl/α,β-unsaturated/α-hetero) is 1. The van der Waals surface area contributed by atoms with Crippen molar-refractivity contribution in [3.05, 3.63) is 23.3 Å². The standard InChI is InChI=1S/C27H46O2.C23H34O3/c1-5-6-7-8-15-27(4,29)24-12-11-22-21-10-9-19-18-20(28)13-16-25(19,2)23(21)14-17-26(22,24)3;1-14(24)19-7-8-20-18-6-5-16-13-17(26-15(2)25)9-11-22(16,3)21(18)10-12-23(19,20)4/h9,20-24,28-29H,5-8,10-18H2,1-4H3;5,17-21H,6-13H2,1-4H3/t20-,21?,22?,23?,24-,25-,26-,27-;17-,18?,19+,20?,21?,22-,23+/m00/s1. The Balaban J connectivity index is 0.000000170. The van der Waals surface area contributed by atoms with Crippen molar-refractivity contribution in [2.45, 2.75) is 208 Å². The zero-order valence-electron chi connectivity index (χ0n) is 36.4. The topological polar surface area (TPSA) is 83.8 Å². The second-order valence-corrected chi connectivity index (χ2v) is 22.0. The highest BCUT2D eigenvalue weighted by Gasteiger charge is 2.62. The number of rotatable bonds is 8. The third-order valence-electron chi connectivity index (χ3n) is 19.2. The number of hydrogen-bond donors (Lipinski definition) is 2. The molecule has 0 heterocycles. The van der Waals surface area contributed by atoms with Crippen LogP contribution in [0.1, 0.15) is 190 Å². The summed E-state index contributed by atoms with van der Waals surface area (Å²) in [5, 5.41) is 21.8. The fourth-order valence-electron chi connectivity index (χ4n) is 16.4. The number of ether oxygens (including phenoxy) is 1. The molecular weight excluding hydrogens is 681 g/mol. The van der Waals surface area contributed by atoms with Crippen LogP contribution in [0.4, 0.5) is 0 Å². The maximum absolute atomic E-state index is 12.2. The fraction of sp³-hybridized carbons (Fsp3) is 0.880. The Hall–Kier alpha value is -1.46. The number of hydrogen-bond acceptors (Lipinski definition) is 5. The summed E-state index contributed by atoms with van der Waals surface area (Å²) in [6.45, 7) is 17.7. The minimum atomic E-state index is -0.501. The van der Waals surface area contributed by atoms with Crippen molar-refractivity contribution in [2.24, 2.45) is 69.0 Å². The number of carbonyl (C=O) groups is 2. The van der Waals surface area contributed by atoms with Gasteiger partial charge in [-0.3, -0.25) is 9.59 Å². The first-order valence-electron chi connectivity index (χ1n) is 23.4.